The zero-order valence-corrected chi connectivity index (χ0v) is 7.92. The molecule has 0 aromatic heterocycles. The topological polar surface area (TPSA) is 38.3 Å². The average molecular weight is 251 g/mol. The van der Waals surface area contributed by atoms with Crippen LogP contribution >= 0.6 is 0 Å². The summed E-state index contributed by atoms with van der Waals surface area (Å²) in [6.45, 7) is -0.895. The molecule has 0 spiro atoms. The molecular formula is C6H6F5NO2S. The zero-order chi connectivity index (χ0) is 11.7. The van der Waals surface area contributed by atoms with Crippen LogP contribution in [0.25, 0.3) is 0 Å². The van der Waals surface area contributed by atoms with Crippen LogP contribution in [0.15, 0.2) is 11.8 Å². The normalized spacial score (nSPS) is 23.1. The van der Waals surface area contributed by atoms with Crippen molar-refractivity contribution >= 4 is 11.1 Å². The Kier molecular flexibility index (Phi) is 3.34. The van der Waals surface area contributed by atoms with Crippen molar-refractivity contribution in [1.29, 1.82) is 0 Å². The summed E-state index contributed by atoms with van der Waals surface area (Å²) >= 11 is -3.76. The molecule has 0 aromatic rings. The molecule has 0 fully saturated rings. The Morgan fingerprint density at radius 3 is 2.53 bits per heavy atom. The number of hydrogen-bond donors (Lipinski definition) is 1. The average Bonchev–Trinajstić information content (AvgIpc) is 2.06. The summed E-state index contributed by atoms with van der Waals surface area (Å²) in [4.78, 5) is 0. The van der Waals surface area contributed by atoms with E-state index in [2.05, 4.69) is 9.50 Å². The van der Waals surface area contributed by atoms with Crippen LogP contribution < -0.4 is 5.32 Å². The van der Waals surface area contributed by atoms with Gasteiger partial charge in [-0.05, 0) is 6.08 Å². The van der Waals surface area contributed by atoms with E-state index in [0.29, 0.717) is 0 Å². The molecule has 0 saturated heterocycles. The van der Waals surface area contributed by atoms with Gasteiger partial charge in [-0.25, -0.2) is 4.21 Å². The number of nitrogens with one attached hydrogen (secondary N) is 1. The lowest BCUT2D eigenvalue weighted by Gasteiger charge is -2.23. The zero-order valence-electron chi connectivity index (χ0n) is 7.11. The third kappa shape index (κ3) is 3.13. The second kappa shape index (κ2) is 4.05. The molecule has 0 saturated carbocycles. The van der Waals surface area contributed by atoms with Gasteiger partial charge < -0.3 is 9.50 Å². The Morgan fingerprint density at radius 2 is 2.07 bits per heavy atom. The van der Waals surface area contributed by atoms with E-state index in [-0.39, 0.29) is 6.54 Å². The summed E-state index contributed by atoms with van der Waals surface area (Å²) in [6.07, 6.45) is 0.729. The smallest absolute Gasteiger partial charge is 0.392 e. The van der Waals surface area contributed by atoms with Gasteiger partial charge in [0.15, 0.2) is 5.76 Å². The molecule has 0 radical (unpaired) electrons. The SMILES string of the molecule is O=S(OC1=CCNCC1(F)F)C(F)(F)F. The first-order valence-electron chi connectivity index (χ1n) is 3.69. The minimum atomic E-state index is -5.16. The molecule has 0 aromatic carbocycles. The van der Waals surface area contributed by atoms with Crippen molar-refractivity contribution in [2.45, 2.75) is 11.4 Å². The first-order valence-corrected chi connectivity index (χ1v) is 4.77. The Hall–Kier alpha value is -0.700. The van der Waals surface area contributed by atoms with E-state index >= 15 is 0 Å². The molecule has 15 heavy (non-hydrogen) atoms. The fourth-order valence-corrected chi connectivity index (χ4v) is 1.30. The lowest BCUT2D eigenvalue weighted by molar-refractivity contribution is -0.0511. The highest BCUT2D eigenvalue weighted by Gasteiger charge is 2.45. The fraction of sp³-hybridized carbons (Fsp3) is 0.667. The van der Waals surface area contributed by atoms with Gasteiger partial charge in [-0.15, -0.1) is 0 Å². The molecule has 0 aliphatic carbocycles. The molecule has 1 N–H and O–H groups in total. The van der Waals surface area contributed by atoms with Crippen LogP contribution in [-0.4, -0.2) is 28.7 Å². The van der Waals surface area contributed by atoms with Crippen LogP contribution in [0, 0.1) is 0 Å². The van der Waals surface area contributed by atoms with E-state index in [4.69, 9.17) is 0 Å². The van der Waals surface area contributed by atoms with Crippen molar-refractivity contribution in [3.8, 4) is 0 Å². The third-order valence-corrected chi connectivity index (χ3v) is 2.20. The Balaban J connectivity index is 2.74. The predicted molar refractivity (Wildman–Crippen MR) is 41.2 cm³/mol. The second-order valence-electron chi connectivity index (χ2n) is 2.67. The Labute approximate surface area is 83.9 Å². The van der Waals surface area contributed by atoms with Crippen molar-refractivity contribution in [3.63, 3.8) is 0 Å². The van der Waals surface area contributed by atoms with Gasteiger partial charge in [0.1, 0.15) is 0 Å². The maximum atomic E-state index is 12.9. The fourth-order valence-electron chi connectivity index (χ4n) is 0.854. The molecule has 0 amide bonds. The van der Waals surface area contributed by atoms with E-state index in [1.165, 1.54) is 0 Å². The van der Waals surface area contributed by atoms with Crippen molar-refractivity contribution in [3.05, 3.63) is 11.8 Å². The molecule has 1 atom stereocenters. The lowest BCUT2D eigenvalue weighted by Crippen LogP contribution is -2.40. The van der Waals surface area contributed by atoms with Crippen molar-refractivity contribution in [1.82, 2.24) is 5.32 Å². The van der Waals surface area contributed by atoms with Gasteiger partial charge in [0, 0.05) is 6.54 Å². The first-order chi connectivity index (χ1) is 6.73. The summed E-state index contributed by atoms with van der Waals surface area (Å²) in [6, 6.07) is 0. The van der Waals surface area contributed by atoms with Crippen molar-refractivity contribution in [2.75, 3.05) is 13.1 Å². The van der Waals surface area contributed by atoms with Gasteiger partial charge in [-0.3, -0.25) is 0 Å². The predicted octanol–water partition coefficient (Wildman–Crippen LogP) is 1.31. The molecule has 9 heteroatoms. The van der Waals surface area contributed by atoms with E-state index in [9.17, 15) is 26.2 Å². The number of rotatable bonds is 2. The molecule has 1 heterocycles. The van der Waals surface area contributed by atoms with Gasteiger partial charge in [0.2, 0.25) is 0 Å². The summed E-state index contributed by atoms with van der Waals surface area (Å²) < 4.78 is 75.0. The van der Waals surface area contributed by atoms with Crippen LogP contribution in [0.1, 0.15) is 0 Å². The number of alkyl halides is 5. The van der Waals surface area contributed by atoms with Crippen LogP contribution in [0.3, 0.4) is 0 Å². The highest BCUT2D eigenvalue weighted by atomic mass is 32.2. The number of hydrogen-bond acceptors (Lipinski definition) is 3. The van der Waals surface area contributed by atoms with Gasteiger partial charge in [0.05, 0.1) is 6.54 Å². The van der Waals surface area contributed by atoms with Gasteiger partial charge in [-0.2, -0.15) is 22.0 Å². The molecule has 1 aliphatic heterocycles. The highest BCUT2D eigenvalue weighted by Crippen LogP contribution is 2.31. The van der Waals surface area contributed by atoms with Gasteiger partial charge >= 0.3 is 22.5 Å². The molecule has 1 unspecified atom stereocenters. The van der Waals surface area contributed by atoms with Gasteiger partial charge in [0.25, 0.3) is 0 Å². The highest BCUT2D eigenvalue weighted by molar-refractivity contribution is 7.81. The van der Waals surface area contributed by atoms with E-state index in [1.807, 2.05) is 0 Å². The lowest BCUT2D eigenvalue weighted by atomic mass is 10.2. The maximum absolute atomic E-state index is 12.9. The van der Waals surface area contributed by atoms with Crippen molar-refractivity contribution < 1.29 is 30.3 Å². The summed E-state index contributed by atoms with van der Waals surface area (Å²) in [5.74, 6) is -4.78. The number of halogens is 5. The summed E-state index contributed by atoms with van der Waals surface area (Å²) in [5.41, 5.74) is -5.16. The summed E-state index contributed by atoms with van der Waals surface area (Å²) in [5, 5.41) is 2.23. The first kappa shape index (κ1) is 12.4. The molecule has 1 rings (SSSR count). The minimum absolute atomic E-state index is 0.0556. The van der Waals surface area contributed by atoms with Crippen LogP contribution in [-0.2, 0) is 15.3 Å². The van der Waals surface area contributed by atoms with E-state index in [1.54, 1.807) is 0 Å². The molecule has 0 bridgehead atoms. The monoisotopic (exact) mass is 251 g/mol. The Morgan fingerprint density at radius 1 is 1.47 bits per heavy atom. The summed E-state index contributed by atoms with van der Waals surface area (Å²) in [7, 11) is 0. The molecular weight excluding hydrogens is 245 g/mol. The van der Waals surface area contributed by atoms with Crippen LogP contribution in [0.5, 0.6) is 0 Å². The second-order valence-corrected chi connectivity index (χ2v) is 3.77. The molecule has 1 aliphatic rings. The maximum Gasteiger partial charge on any atom is 0.508 e. The van der Waals surface area contributed by atoms with E-state index in [0.717, 1.165) is 6.08 Å². The standard InChI is InChI=1S/C6H6F5NO2S/c7-5(8)3-12-2-1-4(5)14-15(13)6(9,10)11/h1,12H,2-3H2. The molecule has 88 valence electrons. The van der Waals surface area contributed by atoms with E-state index < -0.39 is 34.8 Å². The Bertz CT molecular complexity index is 300. The van der Waals surface area contributed by atoms with Crippen LogP contribution in [0.4, 0.5) is 22.0 Å². The third-order valence-electron chi connectivity index (χ3n) is 1.49. The van der Waals surface area contributed by atoms with Gasteiger partial charge in [-0.1, -0.05) is 0 Å². The van der Waals surface area contributed by atoms with Crippen LogP contribution in [0.2, 0.25) is 0 Å². The quantitative estimate of drug-likeness (QED) is 0.752. The largest absolute Gasteiger partial charge is 0.508 e. The minimum Gasteiger partial charge on any atom is -0.392 e. The van der Waals surface area contributed by atoms with Crippen molar-refractivity contribution in [2.24, 2.45) is 0 Å². The molecule has 3 nitrogen and oxygen atoms in total.